The third-order valence-corrected chi connectivity index (χ3v) is 2.92. The average Bonchev–Trinajstić information content (AvgIpc) is 2.41. The molecule has 0 amide bonds. The molecule has 0 saturated carbocycles. The molecule has 1 aliphatic rings. The Morgan fingerprint density at radius 1 is 1.53 bits per heavy atom. The fourth-order valence-electron chi connectivity index (χ4n) is 1.97. The standard InChI is InChI=1S/C12H23N3/c1-11(2)5-9-15-8-3-7-14-12(10-15)4-6-13/h11-12,14H,3-5,7-10H2,1-2H3. The number of nitriles is 1. The number of rotatable bonds is 4. The molecule has 0 aromatic rings. The first-order chi connectivity index (χ1) is 7.22. The van der Waals surface area contributed by atoms with Gasteiger partial charge in [-0.2, -0.15) is 5.26 Å². The van der Waals surface area contributed by atoms with Crippen molar-refractivity contribution in [3.8, 4) is 6.07 Å². The van der Waals surface area contributed by atoms with Crippen LogP contribution in [0.3, 0.4) is 0 Å². The molecular weight excluding hydrogens is 186 g/mol. The highest BCUT2D eigenvalue weighted by atomic mass is 15.2. The summed E-state index contributed by atoms with van der Waals surface area (Å²) in [6.45, 7) is 9.00. The van der Waals surface area contributed by atoms with E-state index in [-0.39, 0.29) is 0 Å². The van der Waals surface area contributed by atoms with Crippen LogP contribution in [0.2, 0.25) is 0 Å². The molecule has 0 aromatic heterocycles. The van der Waals surface area contributed by atoms with Gasteiger partial charge in [0.2, 0.25) is 0 Å². The summed E-state index contributed by atoms with van der Waals surface area (Å²) in [5.74, 6) is 0.774. The van der Waals surface area contributed by atoms with E-state index >= 15 is 0 Å². The van der Waals surface area contributed by atoms with Crippen LogP contribution in [0.4, 0.5) is 0 Å². The highest BCUT2D eigenvalue weighted by Crippen LogP contribution is 2.07. The Morgan fingerprint density at radius 3 is 3.00 bits per heavy atom. The smallest absolute Gasteiger partial charge is 0.0638 e. The highest BCUT2D eigenvalue weighted by Gasteiger charge is 2.16. The Bertz CT molecular complexity index is 207. The first-order valence-electron chi connectivity index (χ1n) is 6.05. The zero-order chi connectivity index (χ0) is 11.1. The molecule has 1 rings (SSSR count). The van der Waals surface area contributed by atoms with Crippen LogP contribution in [0.15, 0.2) is 0 Å². The summed E-state index contributed by atoms with van der Waals surface area (Å²) in [4.78, 5) is 2.50. The van der Waals surface area contributed by atoms with Gasteiger partial charge in [0.25, 0.3) is 0 Å². The molecule has 3 nitrogen and oxygen atoms in total. The minimum atomic E-state index is 0.379. The van der Waals surface area contributed by atoms with E-state index in [1.165, 1.54) is 25.9 Å². The van der Waals surface area contributed by atoms with E-state index in [9.17, 15) is 0 Å². The zero-order valence-electron chi connectivity index (χ0n) is 10.00. The minimum absolute atomic E-state index is 0.379. The maximum Gasteiger partial charge on any atom is 0.0638 e. The minimum Gasteiger partial charge on any atom is -0.312 e. The van der Waals surface area contributed by atoms with Gasteiger partial charge in [0.15, 0.2) is 0 Å². The van der Waals surface area contributed by atoms with Gasteiger partial charge in [0, 0.05) is 12.6 Å². The van der Waals surface area contributed by atoms with E-state index in [4.69, 9.17) is 5.26 Å². The molecule has 1 fully saturated rings. The van der Waals surface area contributed by atoms with Crippen molar-refractivity contribution in [1.82, 2.24) is 10.2 Å². The lowest BCUT2D eigenvalue weighted by Gasteiger charge is -2.23. The molecule has 1 N–H and O–H groups in total. The molecule has 0 aliphatic carbocycles. The van der Waals surface area contributed by atoms with Gasteiger partial charge >= 0.3 is 0 Å². The van der Waals surface area contributed by atoms with Crippen molar-refractivity contribution in [3.05, 3.63) is 0 Å². The van der Waals surface area contributed by atoms with Gasteiger partial charge in [-0.1, -0.05) is 13.8 Å². The van der Waals surface area contributed by atoms with Crippen LogP contribution < -0.4 is 5.32 Å². The SMILES string of the molecule is CC(C)CCN1CCCNC(CC#N)C1. The van der Waals surface area contributed by atoms with Crippen LogP contribution in [0, 0.1) is 17.2 Å². The Labute approximate surface area is 93.5 Å². The molecule has 15 heavy (non-hydrogen) atoms. The molecule has 3 heteroatoms. The van der Waals surface area contributed by atoms with Gasteiger partial charge < -0.3 is 10.2 Å². The van der Waals surface area contributed by atoms with Crippen molar-refractivity contribution >= 4 is 0 Å². The van der Waals surface area contributed by atoms with Gasteiger partial charge in [-0.25, -0.2) is 0 Å². The Morgan fingerprint density at radius 2 is 2.33 bits per heavy atom. The van der Waals surface area contributed by atoms with Gasteiger partial charge in [-0.05, 0) is 38.4 Å². The molecule has 1 saturated heterocycles. The molecule has 0 spiro atoms. The predicted octanol–water partition coefficient (Wildman–Crippen LogP) is 1.61. The second-order valence-electron chi connectivity index (χ2n) is 4.85. The maximum atomic E-state index is 8.71. The van der Waals surface area contributed by atoms with Crippen molar-refractivity contribution in [2.75, 3.05) is 26.2 Å². The van der Waals surface area contributed by atoms with Crippen LogP contribution in [0.5, 0.6) is 0 Å². The lowest BCUT2D eigenvalue weighted by molar-refractivity contribution is 0.253. The number of nitrogens with one attached hydrogen (secondary N) is 1. The summed E-state index contributed by atoms with van der Waals surface area (Å²) in [7, 11) is 0. The molecular formula is C12H23N3. The second kappa shape index (κ2) is 6.81. The fraction of sp³-hybridized carbons (Fsp3) is 0.917. The first kappa shape index (κ1) is 12.5. The first-order valence-corrected chi connectivity index (χ1v) is 6.05. The molecule has 1 atom stereocenters. The summed E-state index contributed by atoms with van der Waals surface area (Å²) in [5, 5.41) is 12.1. The summed E-state index contributed by atoms with van der Waals surface area (Å²) < 4.78 is 0. The number of nitrogens with zero attached hydrogens (tertiary/aromatic N) is 2. The summed E-state index contributed by atoms with van der Waals surface area (Å²) in [6.07, 6.45) is 3.11. The quantitative estimate of drug-likeness (QED) is 0.764. The van der Waals surface area contributed by atoms with Crippen LogP contribution in [0.1, 0.15) is 33.1 Å². The van der Waals surface area contributed by atoms with E-state index in [0.717, 1.165) is 19.0 Å². The summed E-state index contributed by atoms with van der Waals surface area (Å²) in [5.41, 5.74) is 0. The Balaban J connectivity index is 2.32. The average molecular weight is 209 g/mol. The van der Waals surface area contributed by atoms with Crippen LogP contribution >= 0.6 is 0 Å². The molecule has 0 bridgehead atoms. The number of hydrogen-bond acceptors (Lipinski definition) is 3. The second-order valence-corrected chi connectivity index (χ2v) is 4.85. The van der Waals surface area contributed by atoms with Crippen LogP contribution in [-0.4, -0.2) is 37.1 Å². The Kier molecular flexibility index (Phi) is 5.67. The van der Waals surface area contributed by atoms with E-state index < -0.39 is 0 Å². The van der Waals surface area contributed by atoms with E-state index in [2.05, 4.69) is 30.1 Å². The van der Waals surface area contributed by atoms with Crippen LogP contribution in [-0.2, 0) is 0 Å². The third-order valence-electron chi connectivity index (χ3n) is 2.92. The lowest BCUT2D eigenvalue weighted by Crippen LogP contribution is -2.38. The van der Waals surface area contributed by atoms with Crippen LogP contribution in [0.25, 0.3) is 0 Å². The van der Waals surface area contributed by atoms with Gasteiger partial charge in [0.05, 0.1) is 12.5 Å². The van der Waals surface area contributed by atoms with Gasteiger partial charge in [-0.15, -0.1) is 0 Å². The van der Waals surface area contributed by atoms with Crippen molar-refractivity contribution < 1.29 is 0 Å². The maximum absolute atomic E-state index is 8.71. The third kappa shape index (κ3) is 5.15. The fourth-order valence-corrected chi connectivity index (χ4v) is 1.97. The van der Waals surface area contributed by atoms with E-state index in [1.807, 2.05) is 0 Å². The van der Waals surface area contributed by atoms with Crippen molar-refractivity contribution in [2.45, 2.75) is 39.2 Å². The zero-order valence-corrected chi connectivity index (χ0v) is 10.00. The van der Waals surface area contributed by atoms with E-state index in [1.54, 1.807) is 0 Å². The number of hydrogen-bond donors (Lipinski definition) is 1. The lowest BCUT2D eigenvalue weighted by atomic mass is 10.1. The largest absolute Gasteiger partial charge is 0.312 e. The Hall–Kier alpha value is -0.590. The van der Waals surface area contributed by atoms with Gasteiger partial charge in [0.1, 0.15) is 0 Å². The van der Waals surface area contributed by atoms with Gasteiger partial charge in [-0.3, -0.25) is 0 Å². The molecule has 1 aliphatic heterocycles. The molecule has 0 aromatic carbocycles. The predicted molar refractivity (Wildman–Crippen MR) is 62.5 cm³/mol. The molecule has 1 unspecified atom stereocenters. The normalized spacial score (nSPS) is 23.7. The molecule has 1 heterocycles. The topological polar surface area (TPSA) is 39.1 Å². The summed E-state index contributed by atoms with van der Waals surface area (Å²) in [6, 6.07) is 2.64. The van der Waals surface area contributed by atoms with E-state index in [0.29, 0.717) is 12.5 Å². The van der Waals surface area contributed by atoms with Crippen molar-refractivity contribution in [3.63, 3.8) is 0 Å². The van der Waals surface area contributed by atoms with Crippen molar-refractivity contribution in [1.29, 1.82) is 5.26 Å². The molecule has 86 valence electrons. The summed E-state index contributed by atoms with van der Waals surface area (Å²) >= 11 is 0. The monoisotopic (exact) mass is 209 g/mol. The van der Waals surface area contributed by atoms with Crippen molar-refractivity contribution in [2.24, 2.45) is 5.92 Å². The highest BCUT2D eigenvalue weighted by molar-refractivity contribution is 4.85. The molecule has 0 radical (unpaired) electrons.